The van der Waals surface area contributed by atoms with Gasteiger partial charge in [-0.05, 0) is 12.8 Å². The van der Waals surface area contributed by atoms with Crippen molar-refractivity contribution in [2.75, 3.05) is 18.0 Å². The van der Waals surface area contributed by atoms with Gasteiger partial charge in [-0.3, -0.25) is 19.9 Å². The van der Waals surface area contributed by atoms with Crippen LogP contribution in [-0.4, -0.2) is 34.1 Å². The number of rotatable bonds is 3. The Labute approximate surface area is 114 Å². The average Bonchev–Trinajstić information content (AvgIpc) is 2.38. The van der Waals surface area contributed by atoms with Crippen LogP contribution in [0.15, 0.2) is 12.4 Å². The van der Waals surface area contributed by atoms with Crippen molar-refractivity contribution >= 4 is 28.9 Å². The molecule has 8 heteroatoms. The lowest BCUT2D eigenvalue weighted by Gasteiger charge is -2.31. The van der Waals surface area contributed by atoms with E-state index in [0.29, 0.717) is 31.6 Å². The van der Waals surface area contributed by atoms with Gasteiger partial charge in [-0.25, -0.2) is 0 Å². The van der Waals surface area contributed by atoms with Crippen molar-refractivity contribution in [2.45, 2.75) is 12.8 Å². The number of carboxylic acids is 1. The number of aromatic nitrogens is 1. The first-order valence-corrected chi connectivity index (χ1v) is 6.14. The van der Waals surface area contributed by atoms with Crippen LogP contribution < -0.4 is 4.90 Å². The van der Waals surface area contributed by atoms with E-state index in [9.17, 15) is 14.9 Å². The molecule has 0 saturated carbocycles. The first-order chi connectivity index (χ1) is 9.00. The third kappa shape index (κ3) is 2.76. The van der Waals surface area contributed by atoms with Crippen LogP contribution in [0.2, 0.25) is 5.02 Å². The average molecular weight is 286 g/mol. The van der Waals surface area contributed by atoms with Crippen LogP contribution >= 0.6 is 11.6 Å². The third-order valence-electron chi connectivity index (χ3n) is 3.21. The summed E-state index contributed by atoms with van der Waals surface area (Å²) in [5.41, 5.74) is 0.173. The van der Waals surface area contributed by atoms with Crippen molar-refractivity contribution in [3.8, 4) is 0 Å². The van der Waals surface area contributed by atoms with Gasteiger partial charge in [0, 0.05) is 19.3 Å². The van der Waals surface area contributed by atoms with Gasteiger partial charge in [0.1, 0.15) is 11.9 Å². The van der Waals surface area contributed by atoms with Gasteiger partial charge in [0.25, 0.3) is 0 Å². The summed E-state index contributed by atoms with van der Waals surface area (Å²) >= 11 is 5.98. The molecule has 0 unspecified atom stereocenters. The van der Waals surface area contributed by atoms with Crippen molar-refractivity contribution in [2.24, 2.45) is 5.92 Å². The number of nitrogens with zero attached hydrogens (tertiary/aromatic N) is 3. The van der Waals surface area contributed by atoms with E-state index in [1.165, 1.54) is 6.20 Å². The lowest BCUT2D eigenvalue weighted by molar-refractivity contribution is -0.384. The fourth-order valence-electron chi connectivity index (χ4n) is 2.21. The molecule has 1 aromatic heterocycles. The lowest BCUT2D eigenvalue weighted by Crippen LogP contribution is -2.36. The number of pyridine rings is 1. The number of carboxylic acid groups (broad SMARTS) is 1. The number of hydrogen-bond donors (Lipinski definition) is 1. The second kappa shape index (κ2) is 5.40. The molecular formula is C11H12ClN3O4. The minimum absolute atomic E-state index is 0.152. The highest BCUT2D eigenvalue weighted by Crippen LogP contribution is 2.36. The summed E-state index contributed by atoms with van der Waals surface area (Å²) in [6, 6.07) is 0. The molecule has 1 aliphatic heterocycles. The van der Waals surface area contributed by atoms with E-state index in [-0.39, 0.29) is 10.7 Å². The predicted octanol–water partition coefficient (Wildman–Crippen LogP) is 1.94. The molecule has 7 nitrogen and oxygen atoms in total. The predicted molar refractivity (Wildman–Crippen MR) is 68.5 cm³/mol. The summed E-state index contributed by atoms with van der Waals surface area (Å²) in [5, 5.41) is 20.1. The summed E-state index contributed by atoms with van der Waals surface area (Å²) in [6.07, 6.45) is 3.41. The number of hydrogen-bond acceptors (Lipinski definition) is 5. The SMILES string of the molecule is O=C(O)C1CCN(c2c(Cl)cncc2[N+](=O)[O-])CC1. The van der Waals surface area contributed by atoms with Crippen LogP contribution in [-0.2, 0) is 4.79 Å². The number of nitro groups is 1. The van der Waals surface area contributed by atoms with E-state index < -0.39 is 16.8 Å². The fourth-order valence-corrected chi connectivity index (χ4v) is 2.49. The van der Waals surface area contributed by atoms with E-state index >= 15 is 0 Å². The Bertz CT molecular complexity index is 515. The van der Waals surface area contributed by atoms with Gasteiger partial charge in [0.15, 0.2) is 0 Å². The van der Waals surface area contributed by atoms with Crippen LogP contribution in [0, 0.1) is 16.0 Å². The van der Waals surface area contributed by atoms with E-state index in [1.807, 2.05) is 0 Å². The Hall–Kier alpha value is -1.89. The zero-order valence-electron chi connectivity index (χ0n) is 9.95. The van der Waals surface area contributed by atoms with Crippen LogP contribution in [0.1, 0.15) is 12.8 Å². The van der Waals surface area contributed by atoms with Crippen molar-refractivity contribution in [3.63, 3.8) is 0 Å². The molecule has 1 aliphatic rings. The van der Waals surface area contributed by atoms with Gasteiger partial charge >= 0.3 is 11.7 Å². The monoisotopic (exact) mass is 285 g/mol. The molecule has 0 radical (unpaired) electrons. The third-order valence-corrected chi connectivity index (χ3v) is 3.49. The molecule has 19 heavy (non-hydrogen) atoms. The number of aliphatic carboxylic acids is 1. The summed E-state index contributed by atoms with van der Waals surface area (Å²) in [6.45, 7) is 0.864. The number of anilines is 1. The standard InChI is InChI=1S/C11H12ClN3O4/c12-8-5-13-6-9(15(18)19)10(8)14-3-1-7(2-4-14)11(16)17/h5-7H,1-4H2,(H,16,17). The van der Waals surface area contributed by atoms with Gasteiger partial charge in [0.2, 0.25) is 0 Å². The highest BCUT2D eigenvalue weighted by molar-refractivity contribution is 6.33. The van der Waals surface area contributed by atoms with Gasteiger partial charge in [-0.15, -0.1) is 0 Å². The summed E-state index contributed by atoms with van der Waals surface area (Å²) in [5.74, 6) is -1.22. The molecule has 0 amide bonds. The second-order valence-corrected chi connectivity index (χ2v) is 4.75. The lowest BCUT2D eigenvalue weighted by atomic mass is 9.97. The van der Waals surface area contributed by atoms with Gasteiger partial charge in [0.05, 0.1) is 15.9 Å². The minimum Gasteiger partial charge on any atom is -0.481 e. The molecule has 0 atom stereocenters. The molecule has 1 N–H and O–H groups in total. The molecule has 2 rings (SSSR count). The maximum absolute atomic E-state index is 11.0. The smallest absolute Gasteiger partial charge is 0.312 e. The second-order valence-electron chi connectivity index (χ2n) is 4.35. The molecule has 0 bridgehead atoms. The number of halogens is 1. The molecule has 1 saturated heterocycles. The largest absolute Gasteiger partial charge is 0.481 e. The molecular weight excluding hydrogens is 274 g/mol. The molecule has 0 aliphatic carbocycles. The Kier molecular flexibility index (Phi) is 3.84. The number of carbonyl (C=O) groups is 1. The molecule has 1 aromatic rings. The summed E-state index contributed by atoms with van der Waals surface area (Å²) in [4.78, 5) is 26.8. The normalized spacial score (nSPS) is 16.4. The Balaban J connectivity index is 2.24. The van der Waals surface area contributed by atoms with Crippen molar-refractivity contribution < 1.29 is 14.8 Å². The zero-order valence-corrected chi connectivity index (χ0v) is 10.7. The first kappa shape index (κ1) is 13.5. The van der Waals surface area contributed by atoms with Crippen LogP contribution in [0.25, 0.3) is 0 Å². The quantitative estimate of drug-likeness (QED) is 0.673. The highest BCUT2D eigenvalue weighted by Gasteiger charge is 2.29. The Morgan fingerprint density at radius 3 is 2.63 bits per heavy atom. The zero-order chi connectivity index (χ0) is 14.0. The van der Waals surface area contributed by atoms with E-state index in [1.54, 1.807) is 4.90 Å². The topological polar surface area (TPSA) is 96.6 Å². The summed E-state index contributed by atoms with van der Waals surface area (Å²) in [7, 11) is 0. The van der Waals surface area contributed by atoms with Crippen molar-refractivity contribution in [3.05, 3.63) is 27.5 Å². The minimum atomic E-state index is -0.824. The highest BCUT2D eigenvalue weighted by atomic mass is 35.5. The van der Waals surface area contributed by atoms with Crippen LogP contribution in [0.5, 0.6) is 0 Å². The fraction of sp³-hybridized carbons (Fsp3) is 0.455. The maximum Gasteiger partial charge on any atom is 0.312 e. The first-order valence-electron chi connectivity index (χ1n) is 5.76. The molecule has 102 valence electrons. The molecule has 1 fully saturated rings. The van der Waals surface area contributed by atoms with Gasteiger partial charge in [-0.2, -0.15) is 0 Å². The van der Waals surface area contributed by atoms with Crippen molar-refractivity contribution in [1.29, 1.82) is 0 Å². The molecule has 0 spiro atoms. The summed E-state index contributed by atoms with van der Waals surface area (Å²) < 4.78 is 0. The number of piperidine rings is 1. The van der Waals surface area contributed by atoms with Gasteiger partial charge in [-0.1, -0.05) is 11.6 Å². The molecule has 0 aromatic carbocycles. The molecule has 2 heterocycles. The van der Waals surface area contributed by atoms with E-state index in [2.05, 4.69) is 4.98 Å². The van der Waals surface area contributed by atoms with E-state index in [0.717, 1.165) is 6.20 Å². The maximum atomic E-state index is 11.0. The van der Waals surface area contributed by atoms with Crippen molar-refractivity contribution in [1.82, 2.24) is 4.98 Å². The van der Waals surface area contributed by atoms with Crippen LogP contribution in [0.4, 0.5) is 11.4 Å². The van der Waals surface area contributed by atoms with E-state index in [4.69, 9.17) is 16.7 Å². The van der Waals surface area contributed by atoms with Gasteiger partial charge < -0.3 is 10.0 Å². The Morgan fingerprint density at radius 2 is 2.11 bits per heavy atom. The van der Waals surface area contributed by atoms with Crippen LogP contribution in [0.3, 0.4) is 0 Å². The Morgan fingerprint density at radius 1 is 1.47 bits per heavy atom.